The molecule has 1 aromatic heterocycles. The van der Waals surface area contributed by atoms with Gasteiger partial charge in [0.1, 0.15) is 12.3 Å². The van der Waals surface area contributed by atoms with E-state index in [-0.39, 0.29) is 18.1 Å². The number of aromatic nitrogens is 2. The van der Waals surface area contributed by atoms with Gasteiger partial charge in [-0.3, -0.25) is 13.9 Å². The highest BCUT2D eigenvalue weighted by Crippen LogP contribution is 2.29. The van der Waals surface area contributed by atoms with Crippen molar-refractivity contribution >= 4 is 56.8 Å². The van der Waals surface area contributed by atoms with E-state index in [1.807, 2.05) is 41.3 Å². The third-order valence-corrected chi connectivity index (χ3v) is 6.98. The smallest absolute Gasteiger partial charge is 0.329 e. The third-order valence-electron chi connectivity index (χ3n) is 5.79. The zero-order valence-electron chi connectivity index (χ0n) is 17.5. The molecule has 0 unspecified atom stereocenters. The van der Waals surface area contributed by atoms with Gasteiger partial charge in [-0.2, -0.15) is 0 Å². The van der Waals surface area contributed by atoms with Gasteiger partial charge < -0.3 is 14.5 Å². The van der Waals surface area contributed by atoms with Crippen molar-refractivity contribution in [2.75, 3.05) is 38.2 Å². The van der Waals surface area contributed by atoms with Crippen LogP contribution in [0.4, 0.5) is 5.69 Å². The number of amides is 1. The largest absolute Gasteiger partial charge is 0.495 e. The lowest BCUT2D eigenvalue weighted by molar-refractivity contribution is -0.132. The number of hydrogen-bond acceptors (Lipinski definition) is 4. The predicted octanol–water partition coefficient (Wildman–Crippen LogP) is 3.29. The number of ether oxygens (including phenoxy) is 1. The summed E-state index contributed by atoms with van der Waals surface area (Å²) < 4.78 is 9.37. The maximum absolute atomic E-state index is 13.0. The van der Waals surface area contributed by atoms with Crippen molar-refractivity contribution in [2.45, 2.75) is 11.0 Å². The standard InChI is InChI=1S/C22H24ClIN4O3/c1-25-19-11-15(13-24)3-6-18(19)28(22(25)30)14-21(29)27-9-7-26(8-10-27)16-4-5-17(23)20(12-16)31-2/h3-6,11-12H,7-10,13-14H2,1-2H3. The highest BCUT2D eigenvalue weighted by Gasteiger charge is 2.23. The van der Waals surface area contributed by atoms with Gasteiger partial charge in [0, 0.05) is 49.4 Å². The summed E-state index contributed by atoms with van der Waals surface area (Å²) in [7, 11) is 3.35. The number of benzene rings is 2. The summed E-state index contributed by atoms with van der Waals surface area (Å²) in [5, 5.41) is 0.575. The highest BCUT2D eigenvalue weighted by molar-refractivity contribution is 14.1. The Morgan fingerprint density at radius 1 is 1.10 bits per heavy atom. The lowest BCUT2D eigenvalue weighted by atomic mass is 10.2. The monoisotopic (exact) mass is 554 g/mol. The molecule has 1 amide bonds. The van der Waals surface area contributed by atoms with Crippen LogP contribution >= 0.6 is 34.2 Å². The van der Waals surface area contributed by atoms with Crippen molar-refractivity contribution in [1.29, 1.82) is 0 Å². The zero-order chi connectivity index (χ0) is 22.1. The molecule has 3 aromatic rings. The molecular formula is C22H24ClIN4O3. The van der Waals surface area contributed by atoms with Crippen LogP contribution in [0, 0.1) is 0 Å². The van der Waals surface area contributed by atoms with Crippen molar-refractivity contribution in [3.63, 3.8) is 0 Å². The normalized spacial score (nSPS) is 14.3. The number of alkyl halides is 1. The molecule has 1 aliphatic rings. The van der Waals surface area contributed by atoms with E-state index in [4.69, 9.17) is 16.3 Å². The van der Waals surface area contributed by atoms with Gasteiger partial charge in [-0.1, -0.05) is 40.3 Å². The number of rotatable bonds is 5. The molecule has 4 rings (SSSR count). The Labute approximate surface area is 199 Å². The second-order valence-corrected chi connectivity index (χ2v) is 8.74. The fourth-order valence-corrected chi connectivity index (χ4v) is 4.65. The molecule has 0 N–H and O–H groups in total. The van der Waals surface area contributed by atoms with Gasteiger partial charge in [-0.05, 0) is 29.8 Å². The number of anilines is 1. The molecule has 0 spiro atoms. The number of carbonyl (C=O) groups is 1. The van der Waals surface area contributed by atoms with E-state index in [0.29, 0.717) is 37.0 Å². The number of nitrogens with zero attached hydrogens (tertiary/aromatic N) is 4. The molecule has 1 aliphatic heterocycles. The Balaban J connectivity index is 1.46. The van der Waals surface area contributed by atoms with Crippen molar-refractivity contribution in [1.82, 2.24) is 14.0 Å². The molecule has 7 nitrogen and oxygen atoms in total. The number of carbonyl (C=O) groups excluding carboxylic acids is 1. The summed E-state index contributed by atoms with van der Waals surface area (Å²) in [6.07, 6.45) is 0. The second kappa shape index (κ2) is 9.12. The lowest BCUT2D eigenvalue weighted by Crippen LogP contribution is -2.50. The van der Waals surface area contributed by atoms with Gasteiger partial charge in [-0.25, -0.2) is 4.79 Å². The SMILES string of the molecule is COc1cc(N2CCN(C(=O)Cn3c(=O)n(C)c4cc(CI)ccc43)CC2)ccc1Cl. The minimum Gasteiger partial charge on any atom is -0.495 e. The molecule has 31 heavy (non-hydrogen) atoms. The first kappa shape index (κ1) is 22.0. The minimum absolute atomic E-state index is 0.0408. The van der Waals surface area contributed by atoms with E-state index < -0.39 is 0 Å². The van der Waals surface area contributed by atoms with Crippen molar-refractivity contribution < 1.29 is 9.53 Å². The van der Waals surface area contributed by atoms with Crippen LogP contribution in [0.25, 0.3) is 11.0 Å². The predicted molar refractivity (Wildman–Crippen MR) is 132 cm³/mol. The second-order valence-electron chi connectivity index (χ2n) is 7.57. The van der Waals surface area contributed by atoms with Crippen LogP contribution in [0.15, 0.2) is 41.2 Å². The summed E-state index contributed by atoms with van der Waals surface area (Å²) >= 11 is 8.42. The Bertz CT molecular complexity index is 1180. The Kier molecular flexibility index (Phi) is 6.47. The summed E-state index contributed by atoms with van der Waals surface area (Å²) in [4.78, 5) is 29.8. The summed E-state index contributed by atoms with van der Waals surface area (Å²) in [5.41, 5.74) is 3.66. The average Bonchev–Trinajstić information content (AvgIpc) is 3.03. The average molecular weight is 555 g/mol. The molecule has 1 fully saturated rings. The molecule has 9 heteroatoms. The molecule has 1 saturated heterocycles. The van der Waals surface area contributed by atoms with Gasteiger partial charge in [0.05, 0.1) is 23.2 Å². The minimum atomic E-state index is -0.166. The zero-order valence-corrected chi connectivity index (χ0v) is 20.4. The molecular weight excluding hydrogens is 531 g/mol. The van der Waals surface area contributed by atoms with Gasteiger partial charge in [-0.15, -0.1) is 0 Å². The first-order valence-corrected chi connectivity index (χ1v) is 11.9. The van der Waals surface area contributed by atoms with E-state index in [2.05, 4.69) is 27.5 Å². The van der Waals surface area contributed by atoms with Gasteiger partial charge in [0.15, 0.2) is 0 Å². The van der Waals surface area contributed by atoms with E-state index in [9.17, 15) is 9.59 Å². The maximum atomic E-state index is 13.0. The van der Waals surface area contributed by atoms with Crippen LogP contribution < -0.4 is 15.3 Å². The van der Waals surface area contributed by atoms with Crippen LogP contribution in [0.1, 0.15) is 5.56 Å². The number of aryl methyl sites for hydroxylation is 1. The summed E-state index contributed by atoms with van der Waals surface area (Å²) in [5.74, 6) is 0.597. The Morgan fingerprint density at radius 3 is 2.52 bits per heavy atom. The molecule has 2 heterocycles. The molecule has 2 aromatic carbocycles. The fourth-order valence-electron chi connectivity index (χ4n) is 3.98. The molecule has 0 radical (unpaired) electrons. The highest BCUT2D eigenvalue weighted by atomic mass is 127. The van der Waals surface area contributed by atoms with E-state index in [1.165, 1.54) is 0 Å². The van der Waals surface area contributed by atoms with Crippen molar-refractivity contribution in [3.05, 3.63) is 57.5 Å². The molecule has 0 aliphatic carbocycles. The van der Waals surface area contributed by atoms with E-state index >= 15 is 0 Å². The number of piperazine rings is 1. The van der Waals surface area contributed by atoms with Gasteiger partial charge >= 0.3 is 5.69 Å². The van der Waals surface area contributed by atoms with E-state index in [0.717, 1.165) is 26.7 Å². The topological polar surface area (TPSA) is 59.7 Å². The van der Waals surface area contributed by atoms with Crippen LogP contribution in [-0.4, -0.2) is 53.2 Å². The van der Waals surface area contributed by atoms with Crippen LogP contribution in [0.3, 0.4) is 0 Å². The first-order valence-electron chi connectivity index (χ1n) is 10.0. The van der Waals surface area contributed by atoms with Crippen molar-refractivity contribution in [3.8, 4) is 5.75 Å². The van der Waals surface area contributed by atoms with Crippen LogP contribution in [0.5, 0.6) is 5.75 Å². The first-order chi connectivity index (χ1) is 14.9. The summed E-state index contributed by atoms with van der Waals surface area (Å²) in [6.45, 7) is 2.67. The van der Waals surface area contributed by atoms with Crippen LogP contribution in [-0.2, 0) is 22.8 Å². The number of hydrogen-bond donors (Lipinski definition) is 0. The lowest BCUT2D eigenvalue weighted by Gasteiger charge is -2.36. The van der Waals surface area contributed by atoms with E-state index in [1.54, 1.807) is 23.3 Å². The fraction of sp³-hybridized carbons (Fsp3) is 0.364. The summed E-state index contributed by atoms with van der Waals surface area (Å²) in [6, 6.07) is 11.7. The number of imidazole rings is 1. The Hall–Kier alpha value is -2.20. The third kappa shape index (κ3) is 4.27. The number of halogens is 2. The number of methoxy groups -OCH3 is 1. The van der Waals surface area contributed by atoms with Crippen LogP contribution in [0.2, 0.25) is 5.02 Å². The molecule has 0 bridgehead atoms. The molecule has 164 valence electrons. The van der Waals surface area contributed by atoms with Gasteiger partial charge in [0.2, 0.25) is 5.91 Å². The maximum Gasteiger partial charge on any atom is 0.329 e. The van der Waals surface area contributed by atoms with Crippen molar-refractivity contribution in [2.24, 2.45) is 7.05 Å². The quantitative estimate of drug-likeness (QED) is 0.359. The Morgan fingerprint density at radius 2 is 1.84 bits per heavy atom. The molecule has 0 atom stereocenters. The number of fused-ring (bicyclic) bond motifs is 1. The molecule has 0 saturated carbocycles. The van der Waals surface area contributed by atoms with Gasteiger partial charge in [0.25, 0.3) is 0 Å².